The molecule has 0 aliphatic carbocycles. The second kappa shape index (κ2) is 3.84. The van der Waals surface area contributed by atoms with E-state index in [1.165, 1.54) is 12.4 Å². The fourth-order valence-corrected chi connectivity index (χ4v) is 1.49. The van der Waals surface area contributed by atoms with Crippen LogP contribution in [0.5, 0.6) is 0 Å². The molecular weight excluding hydrogens is 247 g/mol. The molecule has 2 aromatic rings. The minimum Gasteiger partial charge on any atom is -0.244 e. The molecule has 0 aliphatic heterocycles. The average Bonchev–Trinajstić information content (AvgIpc) is 2.19. The number of halogens is 2. The molecule has 0 saturated carbocycles. The molecule has 1 aromatic heterocycles. The molecule has 2 rings (SSSR count). The van der Waals surface area contributed by atoms with Crippen molar-refractivity contribution in [1.29, 1.82) is 0 Å². The summed E-state index contributed by atoms with van der Waals surface area (Å²) < 4.78 is 14.2. The summed E-state index contributed by atoms with van der Waals surface area (Å²) in [6, 6.07) is 4.89. The van der Waals surface area contributed by atoms with Gasteiger partial charge in [0.2, 0.25) is 0 Å². The summed E-state index contributed by atoms with van der Waals surface area (Å²) in [7, 11) is 0. The van der Waals surface area contributed by atoms with Gasteiger partial charge in [0.1, 0.15) is 12.1 Å². The molecule has 4 heteroatoms. The molecule has 0 unspecified atom stereocenters. The molecule has 0 radical (unpaired) electrons. The third-order valence-electron chi connectivity index (χ3n) is 1.80. The third-order valence-corrected chi connectivity index (χ3v) is 2.30. The Kier molecular flexibility index (Phi) is 2.54. The smallest absolute Gasteiger partial charge is 0.132 e. The largest absolute Gasteiger partial charge is 0.244 e. The third kappa shape index (κ3) is 1.80. The second-order valence-corrected chi connectivity index (χ2v) is 3.67. The number of hydrogen-bond acceptors (Lipinski definition) is 2. The van der Waals surface area contributed by atoms with Crippen LogP contribution in [0.1, 0.15) is 0 Å². The van der Waals surface area contributed by atoms with Crippen LogP contribution in [-0.4, -0.2) is 9.97 Å². The highest BCUT2D eigenvalue weighted by molar-refractivity contribution is 9.10. The maximum atomic E-state index is 13.5. The zero-order valence-corrected chi connectivity index (χ0v) is 8.70. The Morgan fingerprint density at radius 3 is 2.50 bits per heavy atom. The number of rotatable bonds is 1. The van der Waals surface area contributed by atoms with Gasteiger partial charge < -0.3 is 0 Å². The fraction of sp³-hybridized carbons (Fsp3) is 0. The van der Waals surface area contributed by atoms with E-state index in [-0.39, 0.29) is 5.82 Å². The van der Waals surface area contributed by atoms with Gasteiger partial charge >= 0.3 is 0 Å². The summed E-state index contributed by atoms with van der Waals surface area (Å²) in [5.41, 5.74) is 1.19. The van der Waals surface area contributed by atoms with Crippen LogP contribution < -0.4 is 0 Å². The zero-order valence-electron chi connectivity index (χ0n) is 7.11. The molecule has 2 nitrogen and oxygen atoms in total. The second-order valence-electron chi connectivity index (χ2n) is 2.75. The van der Waals surface area contributed by atoms with Crippen LogP contribution in [0.4, 0.5) is 4.39 Å². The van der Waals surface area contributed by atoms with Gasteiger partial charge in [0.05, 0.1) is 0 Å². The van der Waals surface area contributed by atoms with Crippen molar-refractivity contribution in [2.45, 2.75) is 0 Å². The first-order valence-electron chi connectivity index (χ1n) is 3.98. The van der Waals surface area contributed by atoms with Gasteiger partial charge in [0, 0.05) is 28.0 Å². The van der Waals surface area contributed by atoms with Gasteiger partial charge in [0.25, 0.3) is 0 Å². The number of benzene rings is 1. The summed E-state index contributed by atoms with van der Waals surface area (Å²) in [6.07, 6.45) is 4.58. The van der Waals surface area contributed by atoms with Gasteiger partial charge in [-0.25, -0.2) is 14.4 Å². The fourth-order valence-electron chi connectivity index (χ4n) is 1.16. The molecule has 70 valence electrons. The Hall–Kier alpha value is -1.29. The van der Waals surface area contributed by atoms with Crippen LogP contribution >= 0.6 is 15.9 Å². The van der Waals surface area contributed by atoms with Crippen molar-refractivity contribution in [3.8, 4) is 11.1 Å². The summed E-state index contributed by atoms with van der Waals surface area (Å²) in [6.45, 7) is 0. The molecule has 0 aliphatic rings. The summed E-state index contributed by atoms with van der Waals surface area (Å²) in [5.74, 6) is -0.283. The highest BCUT2D eigenvalue weighted by atomic mass is 79.9. The van der Waals surface area contributed by atoms with Crippen molar-refractivity contribution in [3.63, 3.8) is 0 Å². The molecule has 1 heterocycles. The van der Waals surface area contributed by atoms with E-state index in [1.54, 1.807) is 24.5 Å². The average molecular weight is 253 g/mol. The molecule has 0 fully saturated rings. The van der Waals surface area contributed by atoms with Crippen LogP contribution in [0, 0.1) is 5.82 Å². The van der Waals surface area contributed by atoms with E-state index in [2.05, 4.69) is 25.9 Å². The Morgan fingerprint density at radius 2 is 1.86 bits per heavy atom. The van der Waals surface area contributed by atoms with E-state index in [4.69, 9.17) is 0 Å². The monoisotopic (exact) mass is 252 g/mol. The van der Waals surface area contributed by atoms with Crippen molar-refractivity contribution >= 4 is 15.9 Å². The molecule has 0 spiro atoms. The lowest BCUT2D eigenvalue weighted by atomic mass is 10.1. The topological polar surface area (TPSA) is 25.8 Å². The molecule has 0 amide bonds. The van der Waals surface area contributed by atoms with Gasteiger partial charge in [-0.2, -0.15) is 0 Å². The number of aromatic nitrogens is 2. The lowest BCUT2D eigenvalue weighted by Crippen LogP contribution is -1.86. The zero-order chi connectivity index (χ0) is 9.97. The first-order valence-corrected chi connectivity index (χ1v) is 4.77. The molecule has 1 aromatic carbocycles. The van der Waals surface area contributed by atoms with Gasteiger partial charge in [-0.15, -0.1) is 0 Å². The van der Waals surface area contributed by atoms with Crippen LogP contribution in [0.25, 0.3) is 11.1 Å². The van der Waals surface area contributed by atoms with Gasteiger partial charge in [-0.3, -0.25) is 0 Å². The summed E-state index contributed by atoms with van der Waals surface area (Å²) in [5, 5.41) is 0. The van der Waals surface area contributed by atoms with Crippen molar-refractivity contribution < 1.29 is 4.39 Å². The Morgan fingerprint density at radius 1 is 1.14 bits per heavy atom. The van der Waals surface area contributed by atoms with Gasteiger partial charge in [-0.05, 0) is 12.1 Å². The molecule has 0 saturated heterocycles. The SMILES string of the molecule is Fc1cc(Br)ccc1-c1cncnc1. The van der Waals surface area contributed by atoms with Crippen LogP contribution in [-0.2, 0) is 0 Å². The molecule has 0 bridgehead atoms. The first kappa shape index (κ1) is 9.27. The summed E-state index contributed by atoms with van der Waals surface area (Å²) in [4.78, 5) is 7.67. The van der Waals surface area contributed by atoms with E-state index < -0.39 is 0 Å². The Bertz CT molecular complexity index is 445. The Balaban J connectivity index is 2.53. The van der Waals surface area contributed by atoms with Crippen molar-refractivity contribution in [2.24, 2.45) is 0 Å². The van der Waals surface area contributed by atoms with E-state index in [0.717, 1.165) is 4.47 Å². The van der Waals surface area contributed by atoms with Gasteiger partial charge in [-0.1, -0.05) is 22.0 Å². The molecule has 0 atom stereocenters. The highest BCUT2D eigenvalue weighted by Gasteiger charge is 2.04. The quantitative estimate of drug-likeness (QED) is 0.780. The number of nitrogens with zero attached hydrogens (tertiary/aromatic N) is 2. The van der Waals surface area contributed by atoms with E-state index in [0.29, 0.717) is 11.1 Å². The molecular formula is C10H6BrFN2. The van der Waals surface area contributed by atoms with Crippen molar-refractivity contribution in [3.05, 3.63) is 47.2 Å². The predicted molar refractivity (Wildman–Crippen MR) is 55.1 cm³/mol. The minimum atomic E-state index is -0.283. The molecule has 0 N–H and O–H groups in total. The van der Waals surface area contributed by atoms with Crippen LogP contribution in [0.2, 0.25) is 0 Å². The highest BCUT2D eigenvalue weighted by Crippen LogP contribution is 2.23. The summed E-state index contributed by atoms with van der Waals surface area (Å²) >= 11 is 3.20. The molecule has 14 heavy (non-hydrogen) atoms. The van der Waals surface area contributed by atoms with E-state index >= 15 is 0 Å². The maximum absolute atomic E-state index is 13.5. The standard InChI is InChI=1S/C10H6BrFN2/c11-8-1-2-9(10(12)3-8)7-4-13-6-14-5-7/h1-6H. The maximum Gasteiger partial charge on any atom is 0.132 e. The van der Waals surface area contributed by atoms with Crippen LogP contribution in [0.3, 0.4) is 0 Å². The van der Waals surface area contributed by atoms with E-state index in [9.17, 15) is 4.39 Å². The first-order chi connectivity index (χ1) is 6.77. The van der Waals surface area contributed by atoms with E-state index in [1.807, 2.05) is 0 Å². The number of hydrogen-bond donors (Lipinski definition) is 0. The minimum absolute atomic E-state index is 0.283. The van der Waals surface area contributed by atoms with Crippen molar-refractivity contribution in [1.82, 2.24) is 9.97 Å². The normalized spacial score (nSPS) is 10.1. The lowest BCUT2D eigenvalue weighted by Gasteiger charge is -2.01. The van der Waals surface area contributed by atoms with Crippen molar-refractivity contribution in [2.75, 3.05) is 0 Å². The van der Waals surface area contributed by atoms with Gasteiger partial charge in [0.15, 0.2) is 0 Å². The lowest BCUT2D eigenvalue weighted by molar-refractivity contribution is 0.630. The Labute approximate surface area is 89.0 Å². The van der Waals surface area contributed by atoms with Crippen LogP contribution in [0.15, 0.2) is 41.4 Å². The predicted octanol–water partition coefficient (Wildman–Crippen LogP) is 3.05.